The van der Waals surface area contributed by atoms with Gasteiger partial charge in [-0.15, -0.1) is 0 Å². The van der Waals surface area contributed by atoms with Gasteiger partial charge in [-0.05, 0) is 42.8 Å². The van der Waals surface area contributed by atoms with Crippen LogP contribution in [0.25, 0.3) is 11.3 Å². The molecule has 0 aliphatic rings. The predicted molar refractivity (Wildman–Crippen MR) is 77.4 cm³/mol. The maximum absolute atomic E-state index is 11.8. The second kappa shape index (κ2) is 6.77. The van der Waals surface area contributed by atoms with Gasteiger partial charge in [0.05, 0.1) is 0 Å². The maximum Gasteiger partial charge on any atom is 0.287 e. The lowest BCUT2D eigenvalue weighted by Gasteiger charge is -2.02. The summed E-state index contributed by atoms with van der Waals surface area (Å²) in [5.41, 5.74) is 7.21. The number of nitrogens with one attached hydrogen (secondary N) is 1. The summed E-state index contributed by atoms with van der Waals surface area (Å²) < 4.78 is 10.5. The molecular formula is C15H18N2O3. The Kier molecular flexibility index (Phi) is 4.79. The minimum atomic E-state index is -0.220. The van der Waals surface area contributed by atoms with Gasteiger partial charge < -0.3 is 20.2 Å². The topological polar surface area (TPSA) is 77.5 Å². The number of hydrogen-bond donors (Lipinski definition) is 2. The molecule has 5 heteroatoms. The van der Waals surface area contributed by atoms with Gasteiger partial charge in [0.1, 0.15) is 5.76 Å². The van der Waals surface area contributed by atoms with Crippen molar-refractivity contribution < 1.29 is 13.9 Å². The van der Waals surface area contributed by atoms with Crippen LogP contribution < -0.4 is 11.1 Å². The number of ether oxygens (including phenoxy) is 1. The normalized spacial score (nSPS) is 10.4. The first kappa shape index (κ1) is 14.1. The van der Waals surface area contributed by atoms with E-state index in [1.165, 1.54) is 0 Å². The molecule has 2 aromatic rings. The molecule has 0 aliphatic heterocycles. The van der Waals surface area contributed by atoms with Crippen LogP contribution in [0, 0.1) is 0 Å². The highest BCUT2D eigenvalue weighted by Crippen LogP contribution is 2.23. The van der Waals surface area contributed by atoms with Crippen LogP contribution in [0.15, 0.2) is 40.8 Å². The second-order valence-electron chi connectivity index (χ2n) is 4.39. The van der Waals surface area contributed by atoms with Crippen LogP contribution >= 0.6 is 0 Å². The molecule has 2 rings (SSSR count). The molecule has 1 aromatic heterocycles. The van der Waals surface area contributed by atoms with E-state index in [0.717, 1.165) is 12.0 Å². The van der Waals surface area contributed by atoms with Crippen LogP contribution in [0.2, 0.25) is 0 Å². The molecule has 0 saturated heterocycles. The summed E-state index contributed by atoms with van der Waals surface area (Å²) >= 11 is 0. The maximum atomic E-state index is 11.8. The first-order valence-corrected chi connectivity index (χ1v) is 6.43. The Bertz CT molecular complexity index is 561. The molecule has 0 radical (unpaired) electrons. The number of anilines is 1. The zero-order valence-electron chi connectivity index (χ0n) is 11.4. The fourth-order valence-corrected chi connectivity index (χ4v) is 1.77. The number of rotatable bonds is 6. The first-order chi connectivity index (χ1) is 9.70. The van der Waals surface area contributed by atoms with E-state index in [2.05, 4.69) is 5.32 Å². The largest absolute Gasteiger partial charge is 0.451 e. The van der Waals surface area contributed by atoms with Gasteiger partial charge in [0.15, 0.2) is 5.76 Å². The van der Waals surface area contributed by atoms with E-state index < -0.39 is 0 Å². The first-order valence-electron chi connectivity index (χ1n) is 6.43. The van der Waals surface area contributed by atoms with Crippen molar-refractivity contribution >= 4 is 11.6 Å². The monoisotopic (exact) mass is 274 g/mol. The van der Waals surface area contributed by atoms with Gasteiger partial charge >= 0.3 is 0 Å². The Balaban J connectivity index is 1.98. The highest BCUT2D eigenvalue weighted by Gasteiger charge is 2.11. The van der Waals surface area contributed by atoms with Crippen LogP contribution in [0.5, 0.6) is 0 Å². The molecule has 0 saturated carbocycles. The average molecular weight is 274 g/mol. The second-order valence-corrected chi connectivity index (χ2v) is 4.39. The number of nitrogen functional groups attached to an aromatic ring is 1. The van der Waals surface area contributed by atoms with E-state index in [9.17, 15) is 4.79 Å². The lowest BCUT2D eigenvalue weighted by Crippen LogP contribution is -2.24. The van der Waals surface area contributed by atoms with Crippen molar-refractivity contribution in [3.05, 3.63) is 42.2 Å². The van der Waals surface area contributed by atoms with Gasteiger partial charge in [0.25, 0.3) is 5.91 Å². The molecule has 106 valence electrons. The fraction of sp³-hybridized carbons (Fsp3) is 0.267. The highest BCUT2D eigenvalue weighted by molar-refractivity contribution is 5.92. The van der Waals surface area contributed by atoms with Crippen molar-refractivity contribution in [1.29, 1.82) is 0 Å². The summed E-state index contributed by atoms with van der Waals surface area (Å²) in [7, 11) is 1.63. The molecule has 5 nitrogen and oxygen atoms in total. The minimum absolute atomic E-state index is 0.220. The van der Waals surface area contributed by atoms with Crippen molar-refractivity contribution in [2.75, 3.05) is 26.0 Å². The average Bonchev–Trinajstić information content (AvgIpc) is 2.94. The van der Waals surface area contributed by atoms with Crippen molar-refractivity contribution in [2.45, 2.75) is 6.42 Å². The smallest absolute Gasteiger partial charge is 0.287 e. The zero-order chi connectivity index (χ0) is 14.4. The van der Waals surface area contributed by atoms with E-state index in [4.69, 9.17) is 14.9 Å². The van der Waals surface area contributed by atoms with Crippen LogP contribution in [0.3, 0.4) is 0 Å². The Labute approximate surface area is 117 Å². The fourth-order valence-electron chi connectivity index (χ4n) is 1.77. The Morgan fingerprint density at radius 3 is 2.70 bits per heavy atom. The van der Waals surface area contributed by atoms with E-state index in [0.29, 0.717) is 30.4 Å². The van der Waals surface area contributed by atoms with Gasteiger partial charge in [-0.2, -0.15) is 0 Å². The van der Waals surface area contributed by atoms with Gasteiger partial charge in [-0.3, -0.25) is 4.79 Å². The quantitative estimate of drug-likeness (QED) is 0.626. The van der Waals surface area contributed by atoms with Gasteiger partial charge in [-0.1, -0.05) is 0 Å². The molecule has 0 spiro atoms. The number of furan rings is 1. The highest BCUT2D eigenvalue weighted by atomic mass is 16.5. The van der Waals surface area contributed by atoms with Crippen molar-refractivity contribution in [3.8, 4) is 11.3 Å². The predicted octanol–water partition coefficient (Wildman–Crippen LogP) is 2.30. The van der Waals surface area contributed by atoms with Crippen molar-refractivity contribution in [3.63, 3.8) is 0 Å². The van der Waals surface area contributed by atoms with Gasteiger partial charge in [-0.25, -0.2) is 0 Å². The summed E-state index contributed by atoms with van der Waals surface area (Å²) in [6, 6.07) is 10.7. The van der Waals surface area contributed by atoms with Gasteiger partial charge in [0.2, 0.25) is 0 Å². The van der Waals surface area contributed by atoms with E-state index in [1.54, 1.807) is 31.4 Å². The lowest BCUT2D eigenvalue weighted by atomic mass is 10.1. The van der Waals surface area contributed by atoms with Crippen molar-refractivity contribution in [2.24, 2.45) is 0 Å². The number of carbonyl (C=O) groups is 1. The number of methoxy groups -OCH3 is 1. The summed E-state index contributed by atoms with van der Waals surface area (Å²) in [4.78, 5) is 11.8. The number of benzene rings is 1. The standard InChI is InChI=1S/C15H18N2O3/c1-19-10-2-9-17-15(18)14-8-7-13(20-14)11-3-5-12(16)6-4-11/h3-8H,2,9-10,16H2,1H3,(H,17,18). The summed E-state index contributed by atoms with van der Waals surface area (Å²) in [5.74, 6) is 0.726. The molecule has 0 fully saturated rings. The Hall–Kier alpha value is -2.27. The third-order valence-corrected chi connectivity index (χ3v) is 2.84. The molecule has 20 heavy (non-hydrogen) atoms. The van der Waals surface area contributed by atoms with Crippen LogP contribution in [0.1, 0.15) is 17.0 Å². The van der Waals surface area contributed by atoms with E-state index in [-0.39, 0.29) is 5.91 Å². The molecular weight excluding hydrogens is 256 g/mol. The molecule has 1 heterocycles. The summed E-state index contributed by atoms with van der Waals surface area (Å²) in [6.45, 7) is 1.18. The summed E-state index contributed by atoms with van der Waals surface area (Å²) in [5, 5.41) is 2.77. The van der Waals surface area contributed by atoms with Crippen LogP contribution in [-0.4, -0.2) is 26.2 Å². The zero-order valence-corrected chi connectivity index (χ0v) is 11.4. The molecule has 0 aliphatic carbocycles. The summed E-state index contributed by atoms with van der Waals surface area (Å²) in [6.07, 6.45) is 0.772. The number of hydrogen-bond acceptors (Lipinski definition) is 4. The Morgan fingerprint density at radius 2 is 2.00 bits per heavy atom. The van der Waals surface area contributed by atoms with E-state index in [1.807, 2.05) is 12.1 Å². The minimum Gasteiger partial charge on any atom is -0.451 e. The number of carbonyl (C=O) groups excluding carboxylic acids is 1. The molecule has 0 bridgehead atoms. The van der Waals surface area contributed by atoms with Crippen LogP contribution in [-0.2, 0) is 4.74 Å². The third kappa shape index (κ3) is 3.61. The van der Waals surface area contributed by atoms with E-state index >= 15 is 0 Å². The molecule has 3 N–H and O–H groups in total. The Morgan fingerprint density at radius 1 is 1.25 bits per heavy atom. The molecule has 1 aromatic carbocycles. The van der Waals surface area contributed by atoms with Crippen molar-refractivity contribution in [1.82, 2.24) is 5.32 Å². The molecule has 1 amide bonds. The van der Waals surface area contributed by atoms with Gasteiger partial charge in [0, 0.05) is 31.5 Å². The third-order valence-electron chi connectivity index (χ3n) is 2.84. The SMILES string of the molecule is COCCCNC(=O)c1ccc(-c2ccc(N)cc2)o1. The molecule has 0 unspecified atom stereocenters. The number of amides is 1. The lowest BCUT2D eigenvalue weighted by molar-refractivity contribution is 0.0922. The van der Waals surface area contributed by atoms with Crippen LogP contribution in [0.4, 0.5) is 5.69 Å². The molecule has 0 atom stereocenters. The number of nitrogens with two attached hydrogens (primary N) is 1.